The van der Waals surface area contributed by atoms with Crippen LogP contribution in [0, 0.1) is 0 Å². The molecule has 1 aromatic carbocycles. The minimum atomic E-state index is 0.0216. The maximum atomic E-state index is 10.7. The Bertz CT molecular complexity index is 292. The highest BCUT2D eigenvalue weighted by Gasteiger charge is 2.01. The van der Waals surface area contributed by atoms with Gasteiger partial charge >= 0.3 is 0 Å². The van der Waals surface area contributed by atoms with E-state index < -0.39 is 0 Å². The molecule has 0 fully saturated rings. The second-order valence-electron chi connectivity index (χ2n) is 2.20. The van der Waals surface area contributed by atoms with E-state index in [2.05, 4.69) is 0 Å². The van der Waals surface area contributed by atoms with E-state index >= 15 is 0 Å². The first-order chi connectivity index (χ1) is 5.58. The van der Waals surface area contributed by atoms with Gasteiger partial charge in [-0.3, -0.25) is 4.79 Å². The highest BCUT2D eigenvalue weighted by Crippen LogP contribution is 2.26. The minimum Gasteiger partial charge on any atom is -0.287 e. The molecular formula is C8H6Cl2OS. The normalized spacial score (nSPS) is 9.92. The summed E-state index contributed by atoms with van der Waals surface area (Å²) < 4.78 is 0. The summed E-state index contributed by atoms with van der Waals surface area (Å²) in [7, 11) is 0. The minimum absolute atomic E-state index is 0.0216. The lowest BCUT2D eigenvalue weighted by Crippen LogP contribution is -1.80. The quantitative estimate of drug-likeness (QED) is 0.673. The van der Waals surface area contributed by atoms with Gasteiger partial charge in [-0.05, 0) is 18.2 Å². The van der Waals surface area contributed by atoms with Gasteiger partial charge in [0.15, 0.2) is 5.12 Å². The van der Waals surface area contributed by atoms with E-state index in [1.807, 2.05) is 0 Å². The molecule has 0 amide bonds. The van der Waals surface area contributed by atoms with Crippen molar-refractivity contribution in [3.8, 4) is 0 Å². The van der Waals surface area contributed by atoms with E-state index in [0.717, 1.165) is 16.7 Å². The fourth-order valence-corrected chi connectivity index (χ4v) is 2.11. The van der Waals surface area contributed by atoms with Gasteiger partial charge in [0.2, 0.25) is 0 Å². The molecule has 64 valence electrons. The van der Waals surface area contributed by atoms with Crippen LogP contribution < -0.4 is 0 Å². The van der Waals surface area contributed by atoms with E-state index in [1.165, 1.54) is 6.92 Å². The third-order valence-electron chi connectivity index (χ3n) is 1.10. The molecule has 0 bridgehead atoms. The summed E-state index contributed by atoms with van der Waals surface area (Å²) in [5.74, 6) is 0. The summed E-state index contributed by atoms with van der Waals surface area (Å²) in [6.45, 7) is 1.50. The van der Waals surface area contributed by atoms with Crippen LogP contribution in [-0.2, 0) is 4.79 Å². The molecule has 0 aliphatic heterocycles. The van der Waals surface area contributed by atoms with Crippen LogP contribution in [-0.4, -0.2) is 5.12 Å². The van der Waals surface area contributed by atoms with Crippen molar-refractivity contribution >= 4 is 40.1 Å². The molecule has 0 N–H and O–H groups in total. The van der Waals surface area contributed by atoms with Crippen molar-refractivity contribution in [2.45, 2.75) is 11.8 Å². The Morgan fingerprint density at radius 2 is 1.75 bits per heavy atom. The van der Waals surface area contributed by atoms with Crippen LogP contribution in [0.2, 0.25) is 10.0 Å². The van der Waals surface area contributed by atoms with E-state index in [4.69, 9.17) is 23.2 Å². The number of rotatable bonds is 1. The molecule has 0 heterocycles. The molecule has 0 aliphatic carbocycles. The van der Waals surface area contributed by atoms with Gasteiger partial charge in [0.05, 0.1) is 0 Å². The van der Waals surface area contributed by atoms with Crippen molar-refractivity contribution in [3.05, 3.63) is 28.2 Å². The number of carbonyl (C=O) groups is 1. The smallest absolute Gasteiger partial charge is 0.190 e. The number of thioether (sulfide) groups is 1. The van der Waals surface area contributed by atoms with Crippen molar-refractivity contribution in [1.29, 1.82) is 0 Å². The first-order valence-electron chi connectivity index (χ1n) is 3.22. The van der Waals surface area contributed by atoms with E-state index in [9.17, 15) is 4.79 Å². The molecule has 1 nitrogen and oxygen atoms in total. The van der Waals surface area contributed by atoms with Crippen LogP contribution >= 0.6 is 35.0 Å². The molecular weight excluding hydrogens is 215 g/mol. The first kappa shape index (κ1) is 9.90. The zero-order chi connectivity index (χ0) is 9.14. The lowest BCUT2D eigenvalue weighted by atomic mass is 10.4. The second kappa shape index (κ2) is 4.17. The summed E-state index contributed by atoms with van der Waals surface area (Å²) in [6.07, 6.45) is 0. The molecule has 0 aliphatic rings. The zero-order valence-corrected chi connectivity index (χ0v) is 8.63. The zero-order valence-electron chi connectivity index (χ0n) is 6.30. The van der Waals surface area contributed by atoms with Crippen LogP contribution in [0.15, 0.2) is 23.1 Å². The van der Waals surface area contributed by atoms with Gasteiger partial charge in [-0.25, -0.2) is 0 Å². The van der Waals surface area contributed by atoms with Crippen molar-refractivity contribution in [2.24, 2.45) is 0 Å². The number of carbonyl (C=O) groups excluding carboxylic acids is 1. The standard InChI is InChI=1S/C8H6Cl2OS/c1-5(11)12-8-3-6(9)2-7(10)4-8/h2-4H,1H3. The Labute approximate surface area is 85.1 Å². The van der Waals surface area contributed by atoms with E-state index in [0.29, 0.717) is 10.0 Å². The van der Waals surface area contributed by atoms with Crippen LogP contribution in [0.3, 0.4) is 0 Å². The van der Waals surface area contributed by atoms with Crippen molar-refractivity contribution in [2.75, 3.05) is 0 Å². The SMILES string of the molecule is CC(=O)Sc1cc(Cl)cc(Cl)c1. The van der Waals surface area contributed by atoms with Gasteiger partial charge in [-0.1, -0.05) is 35.0 Å². The molecule has 0 atom stereocenters. The molecule has 1 rings (SSSR count). The number of halogens is 2. The number of hydrogen-bond acceptors (Lipinski definition) is 2. The van der Waals surface area contributed by atoms with Gasteiger partial charge in [-0.15, -0.1) is 0 Å². The Hall–Kier alpha value is -0.180. The van der Waals surface area contributed by atoms with Crippen LogP contribution in [0.5, 0.6) is 0 Å². The molecule has 4 heteroatoms. The van der Waals surface area contributed by atoms with Crippen LogP contribution in [0.1, 0.15) is 6.92 Å². The van der Waals surface area contributed by atoms with Crippen molar-refractivity contribution in [1.82, 2.24) is 0 Å². The van der Waals surface area contributed by atoms with E-state index in [-0.39, 0.29) is 5.12 Å². The van der Waals surface area contributed by atoms with E-state index in [1.54, 1.807) is 18.2 Å². The molecule has 0 saturated carbocycles. The molecule has 0 spiro atoms. The fraction of sp³-hybridized carbons (Fsp3) is 0.125. The second-order valence-corrected chi connectivity index (χ2v) is 4.32. The first-order valence-corrected chi connectivity index (χ1v) is 4.79. The predicted octanol–water partition coefficient (Wildman–Crippen LogP) is 3.63. The number of hydrogen-bond donors (Lipinski definition) is 0. The van der Waals surface area contributed by atoms with Crippen molar-refractivity contribution < 1.29 is 4.79 Å². The molecule has 0 aromatic heterocycles. The highest BCUT2D eigenvalue weighted by molar-refractivity contribution is 8.13. The summed E-state index contributed by atoms with van der Waals surface area (Å²) in [6, 6.07) is 5.05. The topological polar surface area (TPSA) is 17.1 Å². The Morgan fingerprint density at radius 3 is 2.17 bits per heavy atom. The Morgan fingerprint density at radius 1 is 1.25 bits per heavy atom. The highest BCUT2D eigenvalue weighted by atomic mass is 35.5. The third kappa shape index (κ3) is 3.05. The number of benzene rings is 1. The summed E-state index contributed by atoms with van der Waals surface area (Å²) >= 11 is 12.6. The van der Waals surface area contributed by atoms with Gasteiger partial charge in [0.25, 0.3) is 0 Å². The van der Waals surface area contributed by atoms with Crippen LogP contribution in [0.4, 0.5) is 0 Å². The summed E-state index contributed by atoms with van der Waals surface area (Å²) in [4.78, 5) is 11.5. The van der Waals surface area contributed by atoms with Crippen molar-refractivity contribution in [3.63, 3.8) is 0 Å². The Kier molecular flexibility index (Phi) is 3.44. The molecule has 1 aromatic rings. The molecule has 0 radical (unpaired) electrons. The lowest BCUT2D eigenvalue weighted by molar-refractivity contribution is -0.109. The maximum absolute atomic E-state index is 10.7. The third-order valence-corrected chi connectivity index (χ3v) is 2.29. The maximum Gasteiger partial charge on any atom is 0.190 e. The van der Waals surface area contributed by atoms with Gasteiger partial charge in [0, 0.05) is 21.9 Å². The average Bonchev–Trinajstić information content (AvgIpc) is 1.81. The largest absolute Gasteiger partial charge is 0.287 e. The fourth-order valence-electron chi connectivity index (χ4n) is 0.753. The summed E-state index contributed by atoms with van der Waals surface area (Å²) in [5, 5.41) is 1.12. The molecule has 0 unspecified atom stereocenters. The molecule has 0 saturated heterocycles. The molecule has 12 heavy (non-hydrogen) atoms. The van der Waals surface area contributed by atoms with Crippen LogP contribution in [0.25, 0.3) is 0 Å². The van der Waals surface area contributed by atoms with Gasteiger partial charge in [0.1, 0.15) is 0 Å². The lowest BCUT2D eigenvalue weighted by Gasteiger charge is -1.98. The Balaban J connectivity index is 2.93. The van der Waals surface area contributed by atoms with Gasteiger partial charge < -0.3 is 0 Å². The monoisotopic (exact) mass is 220 g/mol. The van der Waals surface area contributed by atoms with Gasteiger partial charge in [-0.2, -0.15) is 0 Å². The predicted molar refractivity (Wildman–Crippen MR) is 53.0 cm³/mol. The summed E-state index contributed by atoms with van der Waals surface area (Å²) in [5.41, 5.74) is 0. The average molecular weight is 221 g/mol.